The summed E-state index contributed by atoms with van der Waals surface area (Å²) in [5, 5.41) is 9.37. The quantitative estimate of drug-likeness (QED) is 0.711. The van der Waals surface area contributed by atoms with Crippen LogP contribution in [0, 0.1) is 5.82 Å². The Labute approximate surface area is 154 Å². The molecule has 0 saturated carbocycles. The number of hydrogen-bond donors (Lipinski definition) is 1. The molecule has 1 fully saturated rings. The minimum absolute atomic E-state index is 0.108. The van der Waals surface area contributed by atoms with Gasteiger partial charge in [-0.25, -0.2) is 9.37 Å². The average Bonchev–Trinajstić information content (AvgIpc) is 2.97. The van der Waals surface area contributed by atoms with E-state index in [0.717, 1.165) is 18.4 Å². The second-order valence-electron chi connectivity index (χ2n) is 6.83. The van der Waals surface area contributed by atoms with Gasteiger partial charge in [-0.15, -0.1) is 10.2 Å². The molecule has 0 aliphatic carbocycles. The fraction of sp³-hybridized carbons (Fsp3) is 0.444. The van der Waals surface area contributed by atoms with Crippen LogP contribution in [-0.2, 0) is 4.79 Å². The summed E-state index contributed by atoms with van der Waals surface area (Å²) in [4.78, 5) is 22.2. The van der Waals surface area contributed by atoms with E-state index in [9.17, 15) is 9.18 Å². The minimum atomic E-state index is -0.325. The predicted molar refractivity (Wildman–Crippen MR) is 99.5 cm³/mol. The Bertz CT molecular complexity index is 965. The summed E-state index contributed by atoms with van der Waals surface area (Å²) in [5.74, 6) is 0.0719. The van der Waals surface area contributed by atoms with Crippen molar-refractivity contribution >= 4 is 39.7 Å². The van der Waals surface area contributed by atoms with Crippen LogP contribution in [0.1, 0.15) is 33.1 Å². The number of nitrogens with one attached hydrogen (secondary N) is 1. The molecule has 0 bridgehead atoms. The minimum Gasteiger partial charge on any atom is -0.338 e. The summed E-state index contributed by atoms with van der Waals surface area (Å²) in [7, 11) is 0. The number of H-pyrrole nitrogens is 1. The Kier molecular flexibility index (Phi) is 4.52. The maximum atomic E-state index is 13.4. The molecule has 1 saturated heterocycles. The lowest BCUT2D eigenvalue weighted by atomic mass is 9.98. The van der Waals surface area contributed by atoms with Crippen molar-refractivity contribution in [3.63, 3.8) is 0 Å². The molecule has 26 heavy (non-hydrogen) atoms. The third-order valence-electron chi connectivity index (χ3n) is 4.96. The van der Waals surface area contributed by atoms with Gasteiger partial charge in [0.15, 0.2) is 5.65 Å². The highest BCUT2D eigenvalue weighted by Gasteiger charge is 2.28. The van der Waals surface area contributed by atoms with Gasteiger partial charge < -0.3 is 9.88 Å². The second-order valence-corrected chi connectivity index (χ2v) is 7.77. The number of fused-ring (bicyclic) bond motifs is 3. The molecule has 1 aliphatic rings. The van der Waals surface area contributed by atoms with Gasteiger partial charge in [-0.1, -0.05) is 11.8 Å². The van der Waals surface area contributed by atoms with Gasteiger partial charge in [-0.05, 0) is 51.3 Å². The van der Waals surface area contributed by atoms with E-state index in [1.165, 1.54) is 30.3 Å². The first-order valence-electron chi connectivity index (χ1n) is 8.78. The van der Waals surface area contributed by atoms with Crippen LogP contribution in [0.3, 0.4) is 0 Å². The van der Waals surface area contributed by atoms with Crippen molar-refractivity contribution in [2.75, 3.05) is 5.75 Å². The van der Waals surface area contributed by atoms with Gasteiger partial charge in [0.25, 0.3) is 0 Å². The van der Waals surface area contributed by atoms with Crippen molar-refractivity contribution in [1.29, 1.82) is 0 Å². The molecule has 0 unspecified atom stereocenters. The zero-order valence-corrected chi connectivity index (χ0v) is 15.5. The molecular weight excluding hydrogens is 353 g/mol. The van der Waals surface area contributed by atoms with Crippen molar-refractivity contribution in [3.05, 3.63) is 24.0 Å². The first-order chi connectivity index (χ1) is 12.5. The van der Waals surface area contributed by atoms with E-state index in [1.54, 1.807) is 6.07 Å². The molecule has 2 aromatic heterocycles. The number of halogens is 1. The molecule has 2 atom stereocenters. The molecule has 1 N–H and O–H groups in total. The van der Waals surface area contributed by atoms with Gasteiger partial charge in [0.05, 0.1) is 5.75 Å². The topological polar surface area (TPSA) is 74.8 Å². The number of likely N-dealkylation sites (tertiary alicyclic amines) is 1. The molecule has 8 heteroatoms. The number of amides is 1. The van der Waals surface area contributed by atoms with E-state index in [2.05, 4.69) is 34.0 Å². The summed E-state index contributed by atoms with van der Waals surface area (Å²) in [6.45, 7) is 4.21. The molecule has 0 spiro atoms. The number of thioether (sulfide) groups is 1. The molecule has 136 valence electrons. The highest BCUT2D eigenvalue weighted by atomic mass is 32.2. The van der Waals surface area contributed by atoms with Gasteiger partial charge in [0.1, 0.15) is 11.3 Å². The molecule has 1 aliphatic heterocycles. The highest BCUT2D eigenvalue weighted by molar-refractivity contribution is 7.99. The van der Waals surface area contributed by atoms with Crippen LogP contribution >= 0.6 is 11.8 Å². The number of hydrogen-bond acceptors (Lipinski definition) is 5. The number of benzene rings is 1. The maximum Gasteiger partial charge on any atom is 0.233 e. The first-order valence-corrected chi connectivity index (χ1v) is 9.77. The number of carbonyl (C=O) groups excluding carboxylic acids is 1. The normalized spacial score (nSPS) is 20.8. The summed E-state index contributed by atoms with van der Waals surface area (Å²) >= 11 is 1.28. The van der Waals surface area contributed by atoms with Crippen LogP contribution in [0.15, 0.2) is 23.4 Å². The van der Waals surface area contributed by atoms with E-state index in [-0.39, 0.29) is 29.6 Å². The van der Waals surface area contributed by atoms with Gasteiger partial charge in [-0.3, -0.25) is 4.79 Å². The van der Waals surface area contributed by atoms with Crippen LogP contribution in [0.2, 0.25) is 0 Å². The zero-order chi connectivity index (χ0) is 18.3. The maximum absolute atomic E-state index is 13.4. The van der Waals surface area contributed by atoms with Crippen molar-refractivity contribution in [3.8, 4) is 0 Å². The molecule has 4 rings (SSSR count). The molecule has 0 radical (unpaired) electrons. The van der Waals surface area contributed by atoms with E-state index in [1.807, 2.05) is 4.90 Å². The van der Waals surface area contributed by atoms with E-state index in [4.69, 9.17) is 0 Å². The molecule has 1 aromatic carbocycles. The van der Waals surface area contributed by atoms with Gasteiger partial charge in [0, 0.05) is 23.0 Å². The number of aromatic amines is 1. The van der Waals surface area contributed by atoms with Crippen LogP contribution in [0.4, 0.5) is 4.39 Å². The second kappa shape index (κ2) is 6.83. The third kappa shape index (κ3) is 3.13. The van der Waals surface area contributed by atoms with Crippen LogP contribution in [0.25, 0.3) is 22.1 Å². The van der Waals surface area contributed by atoms with Crippen molar-refractivity contribution < 1.29 is 9.18 Å². The largest absolute Gasteiger partial charge is 0.338 e. The van der Waals surface area contributed by atoms with Crippen molar-refractivity contribution in [1.82, 2.24) is 25.1 Å². The van der Waals surface area contributed by atoms with E-state index < -0.39 is 0 Å². The number of nitrogens with zero attached hydrogens (tertiary/aromatic N) is 4. The lowest BCUT2D eigenvalue weighted by molar-refractivity contribution is -0.134. The van der Waals surface area contributed by atoms with Gasteiger partial charge in [0.2, 0.25) is 11.1 Å². The Morgan fingerprint density at radius 3 is 2.85 bits per heavy atom. The van der Waals surface area contributed by atoms with E-state index >= 15 is 0 Å². The summed E-state index contributed by atoms with van der Waals surface area (Å²) < 4.78 is 13.4. The predicted octanol–water partition coefficient (Wildman–Crippen LogP) is 3.53. The van der Waals surface area contributed by atoms with Crippen molar-refractivity contribution in [2.45, 2.75) is 50.4 Å². The lowest BCUT2D eigenvalue weighted by Gasteiger charge is -2.39. The smallest absolute Gasteiger partial charge is 0.233 e. The SMILES string of the molecule is C[C@H]1CCC[C@H](C)N1C(=O)CSc1nnc2c(n1)[nH]c1ccc(F)cc12. The number of carbonyl (C=O) groups is 1. The third-order valence-corrected chi connectivity index (χ3v) is 5.79. The van der Waals surface area contributed by atoms with Crippen LogP contribution in [-0.4, -0.2) is 48.8 Å². The number of aromatic nitrogens is 4. The first kappa shape index (κ1) is 17.2. The monoisotopic (exact) mass is 373 g/mol. The van der Waals surface area contributed by atoms with Crippen LogP contribution < -0.4 is 0 Å². The Hall–Kier alpha value is -2.22. The standard InChI is InChI=1S/C18H20FN5OS/c1-10-4-3-5-11(2)24(10)15(25)9-26-18-21-17-16(22-23-18)13-8-12(19)6-7-14(13)20-17/h6-8,10-11H,3-5,9H2,1-2H3,(H,20,21,23)/t10-,11-/m0/s1. The highest BCUT2D eigenvalue weighted by Crippen LogP contribution is 2.26. The van der Waals surface area contributed by atoms with Gasteiger partial charge >= 0.3 is 0 Å². The summed E-state index contributed by atoms with van der Waals surface area (Å²) in [6.07, 6.45) is 3.27. The van der Waals surface area contributed by atoms with E-state index in [0.29, 0.717) is 21.7 Å². The summed E-state index contributed by atoms with van der Waals surface area (Å²) in [5.41, 5.74) is 1.85. The zero-order valence-electron chi connectivity index (χ0n) is 14.7. The van der Waals surface area contributed by atoms with Crippen molar-refractivity contribution in [2.24, 2.45) is 0 Å². The molecule has 3 aromatic rings. The molecular formula is C18H20FN5OS. The fourth-order valence-corrected chi connectivity index (χ4v) is 4.36. The number of rotatable bonds is 3. The Morgan fingerprint density at radius 2 is 2.08 bits per heavy atom. The lowest BCUT2D eigenvalue weighted by Crippen LogP contribution is -2.48. The van der Waals surface area contributed by atoms with Gasteiger partial charge in [-0.2, -0.15) is 0 Å². The Morgan fingerprint density at radius 1 is 1.31 bits per heavy atom. The van der Waals surface area contributed by atoms with Crippen LogP contribution in [0.5, 0.6) is 0 Å². The Balaban J connectivity index is 1.52. The molecule has 6 nitrogen and oxygen atoms in total. The fourth-order valence-electron chi connectivity index (χ4n) is 3.70. The number of piperidine rings is 1. The molecule has 3 heterocycles. The summed E-state index contributed by atoms with van der Waals surface area (Å²) in [6, 6.07) is 5.01. The molecule has 1 amide bonds. The average molecular weight is 373 g/mol.